The van der Waals surface area contributed by atoms with Crippen LogP contribution in [0.2, 0.25) is 0 Å². The molecule has 1 aliphatic heterocycles. The second kappa shape index (κ2) is 11.7. The van der Waals surface area contributed by atoms with Gasteiger partial charge in [-0.3, -0.25) is 4.79 Å². The predicted molar refractivity (Wildman–Crippen MR) is 90.7 cm³/mol. The van der Waals surface area contributed by atoms with Crippen molar-refractivity contribution in [2.75, 3.05) is 31.6 Å². The molecule has 0 aliphatic carbocycles. The van der Waals surface area contributed by atoms with Crippen LogP contribution in [0.25, 0.3) is 0 Å². The molecule has 1 heterocycles. The van der Waals surface area contributed by atoms with Gasteiger partial charge in [-0.25, -0.2) is 0 Å². The third-order valence-electron chi connectivity index (χ3n) is 3.73. The van der Waals surface area contributed by atoms with Crippen molar-refractivity contribution in [3.05, 3.63) is 0 Å². The van der Waals surface area contributed by atoms with Crippen LogP contribution in [0.15, 0.2) is 0 Å². The van der Waals surface area contributed by atoms with Gasteiger partial charge in [0.2, 0.25) is 5.91 Å². The van der Waals surface area contributed by atoms with Crippen molar-refractivity contribution in [3.8, 4) is 0 Å². The Morgan fingerprint density at radius 3 is 2.65 bits per heavy atom. The highest BCUT2D eigenvalue weighted by Crippen LogP contribution is 2.11. The van der Waals surface area contributed by atoms with Gasteiger partial charge in [0.25, 0.3) is 0 Å². The number of nitrogens with two attached hydrogens (primary N) is 1. The zero-order chi connectivity index (χ0) is 14.1. The molecule has 1 rings (SSSR count). The van der Waals surface area contributed by atoms with E-state index in [2.05, 4.69) is 17.1 Å². The highest BCUT2D eigenvalue weighted by molar-refractivity contribution is 7.98. The highest BCUT2D eigenvalue weighted by Gasteiger charge is 2.22. The SMILES string of the molecule is CCCCN1CCC(NC(=O)[C@@H](N)CCSC)CC1.Cl. The molecule has 1 fully saturated rings. The first-order chi connectivity index (χ1) is 9.17. The number of thioether (sulfide) groups is 1. The Labute approximate surface area is 134 Å². The minimum absolute atomic E-state index is 0. The molecule has 4 nitrogen and oxygen atoms in total. The van der Waals surface area contributed by atoms with Crippen LogP contribution in [-0.4, -0.2) is 54.5 Å². The van der Waals surface area contributed by atoms with Crippen molar-refractivity contribution in [2.45, 2.75) is 51.1 Å². The van der Waals surface area contributed by atoms with Gasteiger partial charge in [-0.15, -0.1) is 12.4 Å². The molecule has 0 unspecified atom stereocenters. The average molecular weight is 324 g/mol. The minimum Gasteiger partial charge on any atom is -0.352 e. The number of rotatable bonds is 8. The van der Waals surface area contributed by atoms with Gasteiger partial charge >= 0.3 is 0 Å². The summed E-state index contributed by atoms with van der Waals surface area (Å²) in [4.78, 5) is 14.4. The molecule has 0 saturated carbocycles. The second-order valence-corrected chi connectivity index (χ2v) is 6.35. The molecular formula is C14H30ClN3OS. The van der Waals surface area contributed by atoms with Crippen LogP contribution in [-0.2, 0) is 4.79 Å². The largest absolute Gasteiger partial charge is 0.352 e. The lowest BCUT2D eigenvalue weighted by molar-refractivity contribution is -0.123. The van der Waals surface area contributed by atoms with Crippen LogP contribution in [0.5, 0.6) is 0 Å². The summed E-state index contributed by atoms with van der Waals surface area (Å²) in [5.41, 5.74) is 5.88. The summed E-state index contributed by atoms with van der Waals surface area (Å²) in [7, 11) is 0. The Kier molecular flexibility index (Phi) is 11.7. The van der Waals surface area contributed by atoms with Gasteiger partial charge < -0.3 is 16.0 Å². The van der Waals surface area contributed by atoms with Crippen molar-refractivity contribution < 1.29 is 4.79 Å². The lowest BCUT2D eigenvalue weighted by Crippen LogP contribution is -2.49. The Morgan fingerprint density at radius 2 is 2.10 bits per heavy atom. The van der Waals surface area contributed by atoms with Crippen molar-refractivity contribution in [3.63, 3.8) is 0 Å². The molecule has 0 spiro atoms. The fourth-order valence-electron chi connectivity index (χ4n) is 2.37. The maximum atomic E-state index is 11.9. The molecule has 20 heavy (non-hydrogen) atoms. The van der Waals surface area contributed by atoms with E-state index in [1.54, 1.807) is 11.8 Å². The first-order valence-electron chi connectivity index (χ1n) is 7.44. The fraction of sp³-hybridized carbons (Fsp3) is 0.929. The Morgan fingerprint density at radius 1 is 1.45 bits per heavy atom. The summed E-state index contributed by atoms with van der Waals surface area (Å²) in [6, 6.07) is -0.0173. The molecule has 1 amide bonds. The van der Waals surface area contributed by atoms with Gasteiger partial charge in [-0.05, 0) is 44.2 Å². The average Bonchev–Trinajstić information content (AvgIpc) is 2.43. The van der Waals surface area contributed by atoms with E-state index in [0.29, 0.717) is 6.04 Å². The van der Waals surface area contributed by atoms with Crippen LogP contribution in [0.4, 0.5) is 0 Å². The van der Waals surface area contributed by atoms with Crippen molar-refractivity contribution in [2.24, 2.45) is 5.73 Å². The maximum Gasteiger partial charge on any atom is 0.237 e. The van der Waals surface area contributed by atoms with Gasteiger partial charge in [0.1, 0.15) is 0 Å². The molecule has 1 atom stereocenters. The number of halogens is 1. The summed E-state index contributed by atoms with van der Waals surface area (Å²) in [5.74, 6) is 0.977. The van der Waals surface area contributed by atoms with Gasteiger partial charge in [0, 0.05) is 19.1 Å². The first kappa shape index (κ1) is 20.0. The van der Waals surface area contributed by atoms with E-state index >= 15 is 0 Å². The normalized spacial score (nSPS) is 18.4. The molecule has 0 aromatic carbocycles. The second-order valence-electron chi connectivity index (χ2n) is 5.37. The van der Waals surface area contributed by atoms with Crippen LogP contribution in [0.1, 0.15) is 39.0 Å². The first-order valence-corrected chi connectivity index (χ1v) is 8.84. The third-order valence-corrected chi connectivity index (χ3v) is 4.38. The maximum absolute atomic E-state index is 11.9. The molecule has 0 aromatic rings. The highest BCUT2D eigenvalue weighted by atomic mass is 35.5. The van der Waals surface area contributed by atoms with E-state index in [0.717, 1.165) is 38.1 Å². The number of likely N-dealkylation sites (tertiary alicyclic amines) is 1. The molecule has 3 N–H and O–H groups in total. The Hall–Kier alpha value is 0.0300. The van der Waals surface area contributed by atoms with Gasteiger partial charge in [0.15, 0.2) is 0 Å². The van der Waals surface area contributed by atoms with Gasteiger partial charge in [-0.1, -0.05) is 13.3 Å². The van der Waals surface area contributed by atoms with Gasteiger partial charge in [-0.2, -0.15) is 11.8 Å². The van der Waals surface area contributed by atoms with Crippen molar-refractivity contribution in [1.82, 2.24) is 10.2 Å². The molecule has 0 aromatic heterocycles. The van der Waals surface area contributed by atoms with E-state index in [-0.39, 0.29) is 24.4 Å². The molecular weight excluding hydrogens is 294 g/mol. The fourth-order valence-corrected chi connectivity index (χ4v) is 2.86. The van der Waals surface area contributed by atoms with Gasteiger partial charge in [0.05, 0.1) is 6.04 Å². The van der Waals surface area contributed by atoms with E-state index < -0.39 is 0 Å². The number of hydrogen-bond acceptors (Lipinski definition) is 4. The standard InChI is InChI=1S/C14H29N3OS.ClH/c1-3-4-8-17-9-5-12(6-10-17)16-14(18)13(15)7-11-19-2;/h12-13H,3-11,15H2,1-2H3,(H,16,18);1H/t13-;/m0./s1. The molecule has 6 heteroatoms. The third kappa shape index (κ3) is 7.72. The molecule has 0 bridgehead atoms. The lowest BCUT2D eigenvalue weighted by Gasteiger charge is -2.32. The summed E-state index contributed by atoms with van der Waals surface area (Å²) in [5, 5.41) is 3.10. The van der Waals surface area contributed by atoms with E-state index in [1.807, 2.05) is 6.26 Å². The van der Waals surface area contributed by atoms with Crippen LogP contribution < -0.4 is 11.1 Å². The predicted octanol–water partition coefficient (Wildman–Crippen LogP) is 1.87. The zero-order valence-corrected chi connectivity index (χ0v) is 14.4. The summed E-state index contributed by atoms with van der Waals surface area (Å²) >= 11 is 1.73. The number of piperidine rings is 1. The summed E-state index contributed by atoms with van der Waals surface area (Å²) in [6.45, 7) is 5.63. The van der Waals surface area contributed by atoms with E-state index in [4.69, 9.17) is 5.73 Å². The monoisotopic (exact) mass is 323 g/mol. The topological polar surface area (TPSA) is 58.4 Å². The van der Waals surface area contributed by atoms with Crippen molar-refractivity contribution in [1.29, 1.82) is 0 Å². The van der Waals surface area contributed by atoms with E-state index in [9.17, 15) is 4.79 Å². The lowest BCUT2D eigenvalue weighted by atomic mass is 10.0. The number of carbonyl (C=O) groups excluding carboxylic acids is 1. The van der Waals surface area contributed by atoms with Crippen LogP contribution in [0.3, 0.4) is 0 Å². The number of nitrogens with zero attached hydrogens (tertiary/aromatic N) is 1. The Balaban J connectivity index is 0.00000361. The minimum atomic E-state index is -0.342. The van der Waals surface area contributed by atoms with E-state index in [1.165, 1.54) is 19.4 Å². The molecule has 1 aliphatic rings. The van der Waals surface area contributed by atoms with Crippen LogP contribution in [0, 0.1) is 0 Å². The number of hydrogen-bond donors (Lipinski definition) is 2. The summed E-state index contributed by atoms with van der Waals surface area (Å²) in [6.07, 6.45) is 7.45. The number of amides is 1. The molecule has 0 radical (unpaired) electrons. The summed E-state index contributed by atoms with van der Waals surface area (Å²) < 4.78 is 0. The Bertz CT molecular complexity index is 261. The number of unbranched alkanes of at least 4 members (excludes halogenated alkanes) is 1. The van der Waals surface area contributed by atoms with Crippen LogP contribution >= 0.6 is 24.2 Å². The molecule has 120 valence electrons. The zero-order valence-electron chi connectivity index (χ0n) is 12.8. The quantitative estimate of drug-likeness (QED) is 0.716. The number of carbonyl (C=O) groups is 1. The molecule has 1 saturated heterocycles. The smallest absolute Gasteiger partial charge is 0.237 e. The van der Waals surface area contributed by atoms with Crippen molar-refractivity contribution >= 4 is 30.1 Å². The number of nitrogens with one attached hydrogen (secondary N) is 1.